The van der Waals surface area contributed by atoms with Crippen LogP contribution in [0.3, 0.4) is 0 Å². The Hall–Kier alpha value is -3.10. The molecule has 0 saturated carbocycles. The lowest BCUT2D eigenvalue weighted by Crippen LogP contribution is -2.43. The SMILES string of the molecule is CC(C)(C)OC(=O)NCC(=O)NCC(=O)NCCC[C@H](CC(=O)O)Cc1ccccc1. The summed E-state index contributed by atoms with van der Waals surface area (Å²) in [5.74, 6) is -1.73. The second kappa shape index (κ2) is 13.3. The first-order valence-electron chi connectivity index (χ1n) is 10.3. The molecule has 1 aromatic rings. The van der Waals surface area contributed by atoms with Crippen molar-refractivity contribution in [3.8, 4) is 0 Å². The van der Waals surface area contributed by atoms with Crippen molar-refractivity contribution < 1.29 is 29.0 Å². The van der Waals surface area contributed by atoms with Crippen molar-refractivity contribution >= 4 is 23.9 Å². The van der Waals surface area contributed by atoms with Crippen molar-refractivity contribution in [3.05, 3.63) is 35.9 Å². The fraction of sp³-hybridized carbons (Fsp3) is 0.545. The molecule has 1 aromatic carbocycles. The first kappa shape index (κ1) is 25.9. The summed E-state index contributed by atoms with van der Waals surface area (Å²) in [7, 11) is 0. The molecule has 0 unspecified atom stereocenters. The molecule has 172 valence electrons. The molecule has 0 bridgehead atoms. The minimum Gasteiger partial charge on any atom is -0.481 e. The van der Waals surface area contributed by atoms with Crippen molar-refractivity contribution in [3.63, 3.8) is 0 Å². The van der Waals surface area contributed by atoms with Crippen LogP contribution in [-0.2, 0) is 25.5 Å². The number of alkyl carbamates (subject to hydrolysis) is 1. The van der Waals surface area contributed by atoms with Crippen molar-refractivity contribution in [1.82, 2.24) is 16.0 Å². The average molecular weight is 436 g/mol. The number of amides is 3. The van der Waals surface area contributed by atoms with Gasteiger partial charge in [0, 0.05) is 13.0 Å². The Bertz CT molecular complexity index is 731. The Kier molecular flexibility index (Phi) is 11.1. The Morgan fingerprint density at radius 3 is 2.19 bits per heavy atom. The minimum atomic E-state index is -0.840. The number of aliphatic carboxylic acids is 1. The molecule has 0 radical (unpaired) electrons. The molecule has 0 fully saturated rings. The van der Waals surface area contributed by atoms with E-state index in [0.29, 0.717) is 25.8 Å². The zero-order valence-corrected chi connectivity index (χ0v) is 18.4. The molecule has 4 N–H and O–H groups in total. The average Bonchev–Trinajstić information content (AvgIpc) is 2.67. The van der Waals surface area contributed by atoms with Gasteiger partial charge in [0.1, 0.15) is 12.1 Å². The molecule has 9 nitrogen and oxygen atoms in total. The Balaban J connectivity index is 2.23. The smallest absolute Gasteiger partial charge is 0.408 e. The predicted molar refractivity (Wildman–Crippen MR) is 115 cm³/mol. The molecule has 0 aromatic heterocycles. The van der Waals surface area contributed by atoms with Crippen LogP contribution >= 0.6 is 0 Å². The fourth-order valence-electron chi connectivity index (χ4n) is 2.86. The molecular formula is C22H33N3O6. The molecule has 1 rings (SSSR count). The summed E-state index contributed by atoms with van der Waals surface area (Å²) in [6.45, 7) is 5.01. The van der Waals surface area contributed by atoms with Crippen molar-refractivity contribution in [2.45, 2.75) is 52.1 Å². The summed E-state index contributed by atoms with van der Waals surface area (Å²) in [5, 5.41) is 16.5. The molecule has 0 aliphatic heterocycles. The Labute approximate surface area is 182 Å². The summed E-state index contributed by atoms with van der Waals surface area (Å²) < 4.78 is 5.01. The van der Waals surface area contributed by atoms with E-state index in [0.717, 1.165) is 5.56 Å². The van der Waals surface area contributed by atoms with Crippen molar-refractivity contribution in [2.75, 3.05) is 19.6 Å². The molecule has 1 atom stereocenters. The van der Waals surface area contributed by atoms with Gasteiger partial charge < -0.3 is 25.8 Å². The van der Waals surface area contributed by atoms with Gasteiger partial charge in [0.25, 0.3) is 0 Å². The molecule has 0 spiro atoms. The lowest BCUT2D eigenvalue weighted by atomic mass is 9.92. The van der Waals surface area contributed by atoms with Crippen LogP contribution < -0.4 is 16.0 Å². The largest absolute Gasteiger partial charge is 0.481 e. The third-order valence-electron chi connectivity index (χ3n) is 4.18. The van der Waals surface area contributed by atoms with Gasteiger partial charge >= 0.3 is 12.1 Å². The quantitative estimate of drug-likeness (QED) is 0.370. The van der Waals surface area contributed by atoms with E-state index in [1.165, 1.54) is 0 Å². The normalized spacial score (nSPS) is 11.8. The monoisotopic (exact) mass is 435 g/mol. The molecule has 0 heterocycles. The second-order valence-electron chi connectivity index (χ2n) is 8.28. The topological polar surface area (TPSA) is 134 Å². The summed E-state index contributed by atoms with van der Waals surface area (Å²) in [5.41, 5.74) is 0.422. The maximum absolute atomic E-state index is 11.9. The van der Waals surface area contributed by atoms with Gasteiger partial charge in [-0.3, -0.25) is 14.4 Å². The number of carbonyl (C=O) groups is 4. The van der Waals surface area contributed by atoms with Gasteiger partial charge in [-0.25, -0.2) is 4.79 Å². The van der Waals surface area contributed by atoms with Gasteiger partial charge in [-0.1, -0.05) is 30.3 Å². The summed E-state index contributed by atoms with van der Waals surface area (Å²) in [6.07, 6.45) is 1.32. The van der Waals surface area contributed by atoms with Gasteiger partial charge in [-0.2, -0.15) is 0 Å². The molecule has 0 saturated heterocycles. The highest BCUT2D eigenvalue weighted by Crippen LogP contribution is 2.17. The number of rotatable bonds is 12. The maximum Gasteiger partial charge on any atom is 0.408 e. The maximum atomic E-state index is 11.9. The highest BCUT2D eigenvalue weighted by molar-refractivity contribution is 5.87. The predicted octanol–water partition coefficient (Wildman–Crippen LogP) is 1.86. The van der Waals surface area contributed by atoms with Gasteiger partial charge in [-0.05, 0) is 51.5 Å². The van der Waals surface area contributed by atoms with E-state index < -0.39 is 23.6 Å². The van der Waals surface area contributed by atoms with Crippen LogP contribution in [0.4, 0.5) is 4.79 Å². The second-order valence-corrected chi connectivity index (χ2v) is 8.28. The zero-order valence-electron chi connectivity index (χ0n) is 18.4. The lowest BCUT2D eigenvalue weighted by Gasteiger charge is -2.19. The van der Waals surface area contributed by atoms with Gasteiger partial charge in [-0.15, -0.1) is 0 Å². The van der Waals surface area contributed by atoms with E-state index in [1.807, 2.05) is 30.3 Å². The number of hydrogen-bond donors (Lipinski definition) is 4. The van der Waals surface area contributed by atoms with Crippen molar-refractivity contribution in [1.29, 1.82) is 0 Å². The third kappa shape index (κ3) is 13.7. The molecule has 31 heavy (non-hydrogen) atoms. The molecule has 0 aliphatic rings. The van der Waals surface area contributed by atoms with E-state index in [1.54, 1.807) is 20.8 Å². The van der Waals surface area contributed by atoms with Crippen molar-refractivity contribution in [2.24, 2.45) is 5.92 Å². The molecular weight excluding hydrogens is 402 g/mol. The van der Waals surface area contributed by atoms with Gasteiger partial charge in [0.15, 0.2) is 0 Å². The Morgan fingerprint density at radius 2 is 1.58 bits per heavy atom. The number of carboxylic acid groups (broad SMARTS) is 1. The molecule has 0 aliphatic carbocycles. The zero-order chi connectivity index (χ0) is 23.3. The minimum absolute atomic E-state index is 0.0181. The van der Waals surface area contributed by atoms with Crippen LogP contribution in [0.25, 0.3) is 0 Å². The Morgan fingerprint density at radius 1 is 0.968 bits per heavy atom. The number of ether oxygens (including phenoxy) is 1. The standard InChI is InChI=1S/C22H33N3O6/c1-22(2,3)31-21(30)25-15-19(27)24-14-18(26)23-11-7-10-17(13-20(28)29)12-16-8-5-4-6-9-16/h4-6,8-9,17H,7,10-15H2,1-3H3,(H,23,26)(H,24,27)(H,25,30)(H,28,29)/t17-/m0/s1. The number of hydrogen-bond acceptors (Lipinski definition) is 5. The molecule has 3 amide bonds. The van der Waals surface area contributed by atoms with E-state index in [-0.39, 0.29) is 31.3 Å². The summed E-state index contributed by atoms with van der Waals surface area (Å²) >= 11 is 0. The van der Waals surface area contributed by atoms with Crippen LogP contribution in [-0.4, -0.2) is 54.2 Å². The summed E-state index contributed by atoms with van der Waals surface area (Å²) in [6, 6.07) is 9.70. The first-order chi connectivity index (χ1) is 14.5. The van der Waals surface area contributed by atoms with E-state index in [2.05, 4.69) is 16.0 Å². The number of carboxylic acids is 1. The fourth-order valence-corrected chi connectivity index (χ4v) is 2.86. The van der Waals surface area contributed by atoms with E-state index in [4.69, 9.17) is 9.84 Å². The summed E-state index contributed by atoms with van der Waals surface area (Å²) in [4.78, 5) is 46.1. The van der Waals surface area contributed by atoms with Crippen LogP contribution in [0, 0.1) is 5.92 Å². The van der Waals surface area contributed by atoms with Crippen LogP contribution in [0.2, 0.25) is 0 Å². The number of nitrogens with one attached hydrogen (secondary N) is 3. The van der Waals surface area contributed by atoms with Crippen LogP contribution in [0.1, 0.15) is 45.6 Å². The van der Waals surface area contributed by atoms with Crippen LogP contribution in [0.5, 0.6) is 0 Å². The van der Waals surface area contributed by atoms with Crippen LogP contribution in [0.15, 0.2) is 30.3 Å². The number of benzene rings is 1. The first-order valence-corrected chi connectivity index (χ1v) is 10.3. The van der Waals surface area contributed by atoms with Gasteiger partial charge in [0.05, 0.1) is 6.54 Å². The van der Waals surface area contributed by atoms with E-state index in [9.17, 15) is 19.2 Å². The lowest BCUT2D eigenvalue weighted by molar-refractivity contribution is -0.138. The van der Waals surface area contributed by atoms with Gasteiger partial charge in [0.2, 0.25) is 11.8 Å². The number of carbonyl (C=O) groups excluding carboxylic acids is 3. The highest BCUT2D eigenvalue weighted by atomic mass is 16.6. The third-order valence-corrected chi connectivity index (χ3v) is 4.18. The highest BCUT2D eigenvalue weighted by Gasteiger charge is 2.17. The molecule has 9 heteroatoms. The van der Waals surface area contributed by atoms with E-state index >= 15 is 0 Å².